The van der Waals surface area contributed by atoms with Gasteiger partial charge < -0.3 is 14.6 Å². The van der Waals surface area contributed by atoms with Crippen LogP contribution in [0.25, 0.3) is 10.2 Å². The highest BCUT2D eigenvalue weighted by atomic mass is 79.9. The van der Waals surface area contributed by atoms with Crippen molar-refractivity contribution in [3.8, 4) is 0 Å². The van der Waals surface area contributed by atoms with Gasteiger partial charge in [0.15, 0.2) is 0 Å². The fraction of sp³-hybridized carbons (Fsp3) is 0.263. The summed E-state index contributed by atoms with van der Waals surface area (Å²) < 4.78 is 6.98. The van der Waals surface area contributed by atoms with Gasteiger partial charge in [0.2, 0.25) is 0 Å². The molecule has 0 aliphatic rings. The highest BCUT2D eigenvalue weighted by Crippen LogP contribution is 2.28. The Morgan fingerprint density at radius 2 is 2.14 bits per heavy atom. The van der Waals surface area contributed by atoms with E-state index < -0.39 is 12.0 Å². The van der Waals surface area contributed by atoms with E-state index in [2.05, 4.69) is 26.2 Å². The molecule has 0 spiro atoms. The smallest absolute Gasteiger partial charge is 0.307 e. The highest BCUT2D eigenvalue weighted by molar-refractivity contribution is 9.10. The van der Waals surface area contributed by atoms with Crippen molar-refractivity contribution in [2.75, 3.05) is 7.11 Å². The van der Waals surface area contributed by atoms with E-state index in [0.717, 1.165) is 21.4 Å². The molecular formula is C19H18BrN3O4S. The minimum absolute atomic E-state index is 0.0113. The molecule has 1 N–H and O–H groups in total. The molecule has 28 heavy (non-hydrogen) atoms. The monoisotopic (exact) mass is 463 g/mol. The summed E-state index contributed by atoms with van der Waals surface area (Å²) in [6, 6.07) is 6.78. The molecule has 0 aliphatic heterocycles. The van der Waals surface area contributed by atoms with E-state index >= 15 is 0 Å². The Labute approximate surface area is 173 Å². The van der Waals surface area contributed by atoms with Gasteiger partial charge in [-0.05, 0) is 30.2 Å². The lowest BCUT2D eigenvalue weighted by Gasteiger charge is -2.18. The molecule has 1 amide bonds. The number of amides is 1. The Morgan fingerprint density at radius 3 is 2.82 bits per heavy atom. The standard InChI is InChI=1S/C19H18BrN3O4S/c1-10-15-18(21-9-23(2)19(15)26)28-16(10)17(25)22-13(8-14(24)27-3)11-5-4-6-12(20)7-11/h4-7,9,13H,8H2,1-3H3,(H,22,25). The third-order valence-corrected chi connectivity index (χ3v) is 6.06. The number of carbonyl (C=O) groups excluding carboxylic acids is 2. The topological polar surface area (TPSA) is 90.3 Å². The number of ether oxygens (including phenoxy) is 1. The lowest BCUT2D eigenvalue weighted by atomic mass is 10.0. The molecule has 2 heterocycles. The number of hydrogen-bond donors (Lipinski definition) is 1. The summed E-state index contributed by atoms with van der Waals surface area (Å²) in [5.74, 6) is -0.801. The minimum atomic E-state index is -0.571. The first kappa shape index (κ1) is 20.2. The highest BCUT2D eigenvalue weighted by Gasteiger charge is 2.24. The molecule has 0 saturated heterocycles. The van der Waals surface area contributed by atoms with Gasteiger partial charge in [0.05, 0.1) is 36.2 Å². The van der Waals surface area contributed by atoms with Crippen LogP contribution >= 0.6 is 27.3 Å². The first-order valence-corrected chi connectivity index (χ1v) is 10.0. The number of aromatic nitrogens is 2. The van der Waals surface area contributed by atoms with Gasteiger partial charge in [0.25, 0.3) is 11.5 Å². The molecule has 1 unspecified atom stereocenters. The van der Waals surface area contributed by atoms with Crippen molar-refractivity contribution in [1.82, 2.24) is 14.9 Å². The fourth-order valence-corrected chi connectivity index (χ4v) is 4.33. The molecule has 1 aromatic carbocycles. The van der Waals surface area contributed by atoms with Crippen LogP contribution in [0.4, 0.5) is 0 Å². The maximum Gasteiger partial charge on any atom is 0.307 e. The summed E-state index contributed by atoms with van der Waals surface area (Å²) in [6.45, 7) is 1.73. The van der Waals surface area contributed by atoms with Crippen LogP contribution in [0, 0.1) is 6.92 Å². The van der Waals surface area contributed by atoms with Crippen LogP contribution in [0.5, 0.6) is 0 Å². The van der Waals surface area contributed by atoms with Crippen LogP contribution in [0.15, 0.2) is 39.9 Å². The summed E-state index contributed by atoms with van der Waals surface area (Å²) in [5.41, 5.74) is 1.15. The Hall–Kier alpha value is -2.52. The summed E-state index contributed by atoms with van der Waals surface area (Å²) in [7, 11) is 2.92. The van der Waals surface area contributed by atoms with Gasteiger partial charge in [-0.3, -0.25) is 14.4 Å². The second kappa shape index (κ2) is 8.24. The number of fused-ring (bicyclic) bond motifs is 1. The molecule has 0 fully saturated rings. The molecule has 0 aliphatic carbocycles. The number of esters is 1. The number of aryl methyl sites for hydroxylation is 2. The first-order chi connectivity index (χ1) is 13.3. The third-order valence-electron chi connectivity index (χ3n) is 4.37. The first-order valence-electron chi connectivity index (χ1n) is 8.39. The van der Waals surface area contributed by atoms with Crippen molar-refractivity contribution >= 4 is 49.4 Å². The predicted octanol–water partition coefficient (Wildman–Crippen LogP) is 3.10. The number of benzene rings is 1. The molecule has 9 heteroatoms. The van der Waals surface area contributed by atoms with Crippen LogP contribution in [0.3, 0.4) is 0 Å². The van der Waals surface area contributed by atoms with Crippen molar-refractivity contribution in [1.29, 1.82) is 0 Å². The van der Waals surface area contributed by atoms with Crippen LogP contribution in [0.2, 0.25) is 0 Å². The molecule has 1 atom stereocenters. The molecule has 0 bridgehead atoms. The van der Waals surface area contributed by atoms with Gasteiger partial charge in [-0.2, -0.15) is 0 Å². The molecule has 0 saturated carbocycles. The predicted molar refractivity (Wildman–Crippen MR) is 111 cm³/mol. The zero-order valence-corrected chi connectivity index (χ0v) is 17.9. The van der Waals surface area contributed by atoms with Crippen LogP contribution in [-0.4, -0.2) is 28.5 Å². The number of halogens is 1. The molecule has 7 nitrogen and oxygen atoms in total. The fourth-order valence-electron chi connectivity index (χ4n) is 2.87. The molecule has 146 valence electrons. The number of thiophene rings is 1. The van der Waals surface area contributed by atoms with E-state index in [4.69, 9.17) is 4.74 Å². The largest absolute Gasteiger partial charge is 0.469 e. The quantitative estimate of drug-likeness (QED) is 0.587. The van der Waals surface area contributed by atoms with Gasteiger partial charge in [-0.15, -0.1) is 11.3 Å². The van der Waals surface area contributed by atoms with E-state index in [9.17, 15) is 14.4 Å². The van der Waals surface area contributed by atoms with Crippen LogP contribution < -0.4 is 10.9 Å². The molecular weight excluding hydrogens is 446 g/mol. The molecule has 2 aromatic heterocycles. The van der Waals surface area contributed by atoms with E-state index in [1.165, 1.54) is 18.0 Å². The van der Waals surface area contributed by atoms with Crippen molar-refractivity contribution in [3.63, 3.8) is 0 Å². The minimum Gasteiger partial charge on any atom is -0.469 e. The van der Waals surface area contributed by atoms with E-state index in [-0.39, 0.29) is 17.9 Å². The summed E-state index contributed by atoms with van der Waals surface area (Å²) in [5, 5.41) is 3.33. The molecule has 3 aromatic rings. The molecule has 0 radical (unpaired) electrons. The van der Waals surface area contributed by atoms with Crippen molar-refractivity contribution < 1.29 is 14.3 Å². The summed E-state index contributed by atoms with van der Waals surface area (Å²) >= 11 is 4.56. The Bertz CT molecular complexity index is 1120. The Kier molecular flexibility index (Phi) is 5.95. The Morgan fingerprint density at radius 1 is 1.39 bits per heavy atom. The summed E-state index contributed by atoms with van der Waals surface area (Å²) in [6.07, 6.45) is 1.42. The van der Waals surface area contributed by atoms with Gasteiger partial charge in [-0.25, -0.2) is 4.98 Å². The van der Waals surface area contributed by atoms with Crippen LogP contribution in [0.1, 0.15) is 33.3 Å². The normalized spacial score (nSPS) is 12.0. The number of hydrogen-bond acceptors (Lipinski definition) is 6. The van der Waals surface area contributed by atoms with Crippen molar-refractivity contribution in [3.05, 3.63) is 61.4 Å². The average molecular weight is 464 g/mol. The van der Waals surface area contributed by atoms with E-state index in [0.29, 0.717) is 20.7 Å². The van der Waals surface area contributed by atoms with Crippen molar-refractivity contribution in [2.45, 2.75) is 19.4 Å². The number of nitrogens with one attached hydrogen (secondary N) is 1. The van der Waals surface area contributed by atoms with Gasteiger partial charge in [0.1, 0.15) is 4.83 Å². The zero-order chi connectivity index (χ0) is 20.4. The van der Waals surface area contributed by atoms with Crippen LogP contribution in [-0.2, 0) is 16.6 Å². The maximum atomic E-state index is 13.0. The third kappa shape index (κ3) is 4.00. The lowest BCUT2D eigenvalue weighted by Crippen LogP contribution is -2.30. The van der Waals surface area contributed by atoms with Gasteiger partial charge in [-0.1, -0.05) is 28.1 Å². The number of methoxy groups -OCH3 is 1. The van der Waals surface area contributed by atoms with E-state index in [1.54, 1.807) is 14.0 Å². The number of carbonyl (C=O) groups is 2. The van der Waals surface area contributed by atoms with Gasteiger partial charge in [0, 0.05) is 11.5 Å². The Balaban J connectivity index is 1.97. The number of nitrogens with zero attached hydrogens (tertiary/aromatic N) is 2. The average Bonchev–Trinajstić information content (AvgIpc) is 3.01. The SMILES string of the molecule is COC(=O)CC(NC(=O)c1sc2ncn(C)c(=O)c2c1C)c1cccc(Br)c1. The summed E-state index contributed by atoms with van der Waals surface area (Å²) in [4.78, 5) is 42.4. The second-order valence-electron chi connectivity index (χ2n) is 6.26. The number of rotatable bonds is 5. The second-order valence-corrected chi connectivity index (χ2v) is 8.17. The lowest BCUT2D eigenvalue weighted by molar-refractivity contribution is -0.141. The zero-order valence-electron chi connectivity index (χ0n) is 15.5. The molecule has 3 rings (SSSR count). The van der Waals surface area contributed by atoms with Gasteiger partial charge >= 0.3 is 5.97 Å². The van der Waals surface area contributed by atoms with Crippen molar-refractivity contribution in [2.24, 2.45) is 7.05 Å². The van der Waals surface area contributed by atoms with E-state index in [1.807, 2.05) is 24.3 Å². The maximum absolute atomic E-state index is 13.0.